The molecule has 0 unspecified atom stereocenters. The van der Waals surface area contributed by atoms with Crippen molar-refractivity contribution in [3.8, 4) is 0 Å². The van der Waals surface area contributed by atoms with E-state index in [0.717, 1.165) is 32.1 Å². The lowest BCUT2D eigenvalue weighted by atomic mass is 9.48. The lowest BCUT2D eigenvalue weighted by Crippen LogP contribution is -2.15. The van der Waals surface area contributed by atoms with E-state index in [1.54, 1.807) is 18.2 Å². The number of rotatable bonds is 14. The van der Waals surface area contributed by atoms with Crippen LogP contribution in [0.5, 0.6) is 0 Å². The largest absolute Gasteiger partial charge is 0.1000 e. The van der Waals surface area contributed by atoms with Crippen LogP contribution in [-0.2, 0) is 0 Å². The molecule has 0 N–H and O–H groups in total. The summed E-state index contributed by atoms with van der Waals surface area (Å²) in [4.78, 5) is 0. The first-order valence-electron chi connectivity index (χ1n) is 10.3. The highest BCUT2D eigenvalue weighted by atomic mass is 14.1. The van der Waals surface area contributed by atoms with Gasteiger partial charge in [0, 0.05) is 0 Å². The van der Waals surface area contributed by atoms with Gasteiger partial charge in [0.1, 0.15) is 0 Å². The fraction of sp³-hybridized carbons (Fsp3) is 0.500. The van der Waals surface area contributed by atoms with Gasteiger partial charge in [0.2, 0.25) is 0 Å². The first-order chi connectivity index (χ1) is 13.2. The molecule has 142 valence electrons. The summed E-state index contributed by atoms with van der Waals surface area (Å²) in [5, 5.41) is -1.94. The predicted octanol–water partition coefficient (Wildman–Crippen LogP) is 6.25. The Morgan fingerprint density at radius 3 is 1.46 bits per heavy atom. The molecule has 0 saturated carbocycles. The van der Waals surface area contributed by atoms with E-state index >= 15 is 0 Å². The predicted molar refractivity (Wildman–Crippen MR) is 131 cm³/mol. The van der Waals surface area contributed by atoms with E-state index in [9.17, 15) is 0 Å². The number of hydrogen-bond acceptors (Lipinski definition) is 0. The van der Waals surface area contributed by atoms with E-state index in [0.29, 0.717) is 12.3 Å². The smallest absolute Gasteiger partial charge is 0.0728 e. The maximum absolute atomic E-state index is 6.05. The summed E-state index contributed by atoms with van der Waals surface area (Å²) in [5.74, 6) is 0.401. The van der Waals surface area contributed by atoms with Gasteiger partial charge in [-0.25, -0.2) is 0 Å². The summed E-state index contributed by atoms with van der Waals surface area (Å²) in [7, 11) is 24.2. The van der Waals surface area contributed by atoms with Gasteiger partial charge in [0.05, 0.1) is 31.4 Å². The maximum atomic E-state index is 6.05. The van der Waals surface area contributed by atoms with Crippen LogP contribution >= 0.6 is 0 Å². The third-order valence-corrected chi connectivity index (χ3v) is 3.84. The van der Waals surface area contributed by atoms with Gasteiger partial charge in [-0.05, 0) is 38.0 Å². The molecule has 0 nitrogen and oxygen atoms in total. The third-order valence-electron chi connectivity index (χ3n) is 3.84. The molecule has 0 aliphatic carbocycles. The van der Waals surface area contributed by atoms with E-state index in [2.05, 4.69) is 69.4 Å². The Morgan fingerprint density at radius 1 is 0.607 bits per heavy atom. The van der Waals surface area contributed by atoms with Gasteiger partial charge < -0.3 is 0 Å². The Bertz CT molecular complexity index is 561. The summed E-state index contributed by atoms with van der Waals surface area (Å²) < 4.78 is 0. The van der Waals surface area contributed by atoms with Crippen molar-refractivity contribution in [1.29, 1.82) is 0 Å². The van der Waals surface area contributed by atoms with Gasteiger partial charge in [-0.2, -0.15) is 0 Å². The summed E-state index contributed by atoms with van der Waals surface area (Å²) in [6.45, 7) is 6.29. The average molecular weight is 366 g/mol. The molecule has 0 rings (SSSR count). The molecule has 0 aromatic rings. The van der Waals surface area contributed by atoms with Gasteiger partial charge in [-0.15, -0.1) is 0 Å². The molecule has 8 radical (unpaired) electrons. The van der Waals surface area contributed by atoms with Crippen molar-refractivity contribution >= 4 is 31.4 Å². The van der Waals surface area contributed by atoms with Crippen LogP contribution in [0.2, 0.25) is 10.4 Å². The molecule has 0 bridgehead atoms. The Labute approximate surface area is 180 Å². The molecule has 0 spiro atoms. The number of allylic oxidation sites excluding steroid dienone is 12. The van der Waals surface area contributed by atoms with Crippen molar-refractivity contribution in [3.05, 3.63) is 72.9 Å². The van der Waals surface area contributed by atoms with Gasteiger partial charge in [0.15, 0.2) is 0 Å². The molecule has 0 fully saturated rings. The Hall–Kier alpha value is -1.30. The van der Waals surface area contributed by atoms with Gasteiger partial charge in [-0.3, -0.25) is 0 Å². The average Bonchev–Trinajstić information content (AvgIpc) is 2.59. The molecule has 0 aromatic heterocycles. The third kappa shape index (κ3) is 18.1. The summed E-state index contributed by atoms with van der Waals surface area (Å²) in [5.41, 5.74) is 0. The molecule has 28 heavy (non-hydrogen) atoms. The Kier molecular flexibility index (Phi) is 14.9. The lowest BCUT2D eigenvalue weighted by molar-refractivity contribution is 0.570. The fourth-order valence-corrected chi connectivity index (χ4v) is 2.56. The minimum absolute atomic E-state index is 0.401. The van der Waals surface area contributed by atoms with E-state index in [1.807, 2.05) is 6.08 Å². The molecule has 0 amide bonds. The first-order valence-corrected chi connectivity index (χ1v) is 10.3. The van der Waals surface area contributed by atoms with Crippen molar-refractivity contribution in [2.75, 3.05) is 0 Å². The highest BCUT2D eigenvalue weighted by Crippen LogP contribution is 2.31. The highest BCUT2D eigenvalue weighted by Gasteiger charge is 2.16. The SMILES string of the molecule is [B]C([B])(/C=C\C/C=C\C/C=C\C/C=C\C/C=C\CC)/C=C\C([B])([B])CC(C)C. The lowest BCUT2D eigenvalue weighted by Gasteiger charge is -2.26. The summed E-state index contributed by atoms with van der Waals surface area (Å²) in [6, 6.07) is 0. The highest BCUT2D eigenvalue weighted by molar-refractivity contribution is 6.44. The Balaban J connectivity index is 4.11. The minimum Gasteiger partial charge on any atom is -0.1000 e. The van der Waals surface area contributed by atoms with Gasteiger partial charge >= 0.3 is 0 Å². The van der Waals surface area contributed by atoms with Crippen molar-refractivity contribution in [1.82, 2.24) is 0 Å². The molecule has 0 aliphatic heterocycles. The van der Waals surface area contributed by atoms with Crippen molar-refractivity contribution in [3.63, 3.8) is 0 Å². The molecule has 0 aromatic carbocycles. The van der Waals surface area contributed by atoms with Gasteiger partial charge in [-0.1, -0.05) is 111 Å². The fourth-order valence-electron chi connectivity index (χ4n) is 2.56. The molecule has 0 aliphatic rings. The first kappa shape index (κ1) is 26.7. The number of hydrogen-bond donors (Lipinski definition) is 0. The molecule has 0 atom stereocenters. The zero-order chi connectivity index (χ0) is 21.3. The second-order valence-corrected chi connectivity index (χ2v) is 7.68. The van der Waals surface area contributed by atoms with Crippen LogP contribution in [0.25, 0.3) is 0 Å². The van der Waals surface area contributed by atoms with Crippen molar-refractivity contribution < 1.29 is 0 Å². The van der Waals surface area contributed by atoms with E-state index in [4.69, 9.17) is 31.4 Å². The van der Waals surface area contributed by atoms with Crippen LogP contribution in [0.4, 0.5) is 0 Å². The van der Waals surface area contributed by atoms with E-state index in [1.165, 1.54) is 0 Å². The molecule has 0 saturated heterocycles. The molecule has 4 heteroatoms. The van der Waals surface area contributed by atoms with Crippen LogP contribution in [0.3, 0.4) is 0 Å². The second-order valence-electron chi connectivity index (χ2n) is 7.68. The summed E-state index contributed by atoms with van der Waals surface area (Å²) >= 11 is 0. The standard InChI is InChI=1S/C24H34B4/c1-4-5-6-7-8-9-10-11-12-13-14-15-16-17-18-23(25,26)19-20-24(27,28)21-22(2)3/h5-6,8-9,11-12,14-15,17-20,22H,4,7,10,13,16,21H2,1-3H3/b6-5-,9-8-,12-11-,15-14-,18-17-,20-19-. The Morgan fingerprint density at radius 2 is 1.04 bits per heavy atom. The topological polar surface area (TPSA) is 0 Å². The summed E-state index contributed by atoms with van der Waals surface area (Å²) in [6.07, 6.45) is 29.9. The molecule has 0 heterocycles. The van der Waals surface area contributed by atoms with Crippen molar-refractivity contribution in [2.24, 2.45) is 5.92 Å². The monoisotopic (exact) mass is 366 g/mol. The van der Waals surface area contributed by atoms with Crippen molar-refractivity contribution in [2.45, 2.75) is 69.7 Å². The minimum atomic E-state index is -1.05. The zero-order valence-electron chi connectivity index (χ0n) is 18.1. The van der Waals surface area contributed by atoms with Crippen LogP contribution in [-0.4, -0.2) is 31.4 Å². The van der Waals surface area contributed by atoms with Crippen LogP contribution in [0.15, 0.2) is 72.9 Å². The maximum Gasteiger partial charge on any atom is 0.0728 e. The van der Waals surface area contributed by atoms with Crippen LogP contribution in [0.1, 0.15) is 59.3 Å². The van der Waals surface area contributed by atoms with Crippen LogP contribution < -0.4 is 0 Å². The van der Waals surface area contributed by atoms with Crippen LogP contribution in [0, 0.1) is 5.92 Å². The quantitative estimate of drug-likeness (QED) is 0.252. The van der Waals surface area contributed by atoms with Gasteiger partial charge in [0.25, 0.3) is 0 Å². The second kappa shape index (κ2) is 15.6. The molecular formula is C24H34B4. The normalized spacial score (nSPS) is 14.4. The van der Waals surface area contributed by atoms with E-state index in [-0.39, 0.29) is 0 Å². The van der Waals surface area contributed by atoms with E-state index < -0.39 is 10.4 Å². The molecular weight excluding hydrogens is 332 g/mol. The zero-order valence-corrected chi connectivity index (χ0v) is 18.1.